The van der Waals surface area contributed by atoms with Gasteiger partial charge in [0.05, 0.1) is 24.3 Å². The fraction of sp³-hybridized carbons (Fsp3) is 0.312. The number of benzene rings is 1. The number of rotatable bonds is 3. The Balaban J connectivity index is 1.80. The van der Waals surface area contributed by atoms with E-state index in [1.165, 1.54) is 23.3 Å². The minimum atomic E-state index is -0.549. The van der Waals surface area contributed by atoms with Crippen molar-refractivity contribution in [3.63, 3.8) is 0 Å². The van der Waals surface area contributed by atoms with E-state index in [0.29, 0.717) is 22.9 Å². The first kappa shape index (κ1) is 15.7. The average molecular weight is 335 g/mol. The van der Waals surface area contributed by atoms with Crippen LogP contribution in [0.3, 0.4) is 0 Å². The normalized spacial score (nSPS) is 20.0. The van der Waals surface area contributed by atoms with E-state index in [1.54, 1.807) is 12.1 Å². The molecule has 0 N–H and O–H groups in total. The molecular formula is C16H15ClN2O4. The molecule has 23 heavy (non-hydrogen) atoms. The lowest BCUT2D eigenvalue weighted by Gasteiger charge is -2.19. The van der Waals surface area contributed by atoms with E-state index in [9.17, 15) is 14.4 Å². The molecule has 0 aromatic heterocycles. The summed E-state index contributed by atoms with van der Waals surface area (Å²) < 4.78 is 0. The highest BCUT2D eigenvalue weighted by Crippen LogP contribution is 2.31. The fourth-order valence-corrected chi connectivity index (χ4v) is 2.66. The second-order valence-electron chi connectivity index (χ2n) is 6.12. The van der Waals surface area contributed by atoms with E-state index in [-0.39, 0.29) is 12.5 Å². The van der Waals surface area contributed by atoms with Gasteiger partial charge in [-0.25, -0.2) is 9.96 Å². The predicted molar refractivity (Wildman–Crippen MR) is 83.4 cm³/mol. The van der Waals surface area contributed by atoms with E-state index in [0.717, 1.165) is 4.90 Å². The molecule has 0 radical (unpaired) electrons. The molecule has 7 heteroatoms. The summed E-state index contributed by atoms with van der Waals surface area (Å²) in [4.78, 5) is 41.9. The molecule has 3 rings (SSSR count). The van der Waals surface area contributed by atoms with Crippen molar-refractivity contribution in [3.8, 4) is 0 Å². The zero-order valence-electron chi connectivity index (χ0n) is 12.7. The maximum absolute atomic E-state index is 12.2. The molecule has 0 spiro atoms. The summed E-state index contributed by atoms with van der Waals surface area (Å²) >= 11 is 6.24. The van der Waals surface area contributed by atoms with E-state index in [4.69, 9.17) is 16.4 Å². The van der Waals surface area contributed by atoms with Crippen LogP contribution < -0.4 is 4.90 Å². The van der Waals surface area contributed by atoms with Gasteiger partial charge in [0.15, 0.2) is 0 Å². The SMILES string of the molecule is CC1(C)CON(Cc2ccc(N3C(=O)C=CC3=O)cc2Cl)C1=O. The summed E-state index contributed by atoms with van der Waals surface area (Å²) in [5.41, 5.74) is 0.521. The van der Waals surface area contributed by atoms with Gasteiger partial charge >= 0.3 is 0 Å². The van der Waals surface area contributed by atoms with E-state index >= 15 is 0 Å². The maximum atomic E-state index is 12.2. The maximum Gasteiger partial charge on any atom is 0.258 e. The topological polar surface area (TPSA) is 66.9 Å². The van der Waals surface area contributed by atoms with Gasteiger partial charge in [0.1, 0.15) is 0 Å². The largest absolute Gasteiger partial charge is 0.272 e. The van der Waals surface area contributed by atoms with Crippen LogP contribution in [0.4, 0.5) is 5.69 Å². The number of imide groups is 1. The second kappa shape index (κ2) is 5.47. The number of carbonyl (C=O) groups is 3. The van der Waals surface area contributed by atoms with Crippen molar-refractivity contribution < 1.29 is 19.2 Å². The first-order valence-corrected chi connectivity index (χ1v) is 7.47. The average Bonchev–Trinajstić information content (AvgIpc) is 2.95. The number of anilines is 1. The number of halogens is 1. The van der Waals surface area contributed by atoms with Crippen molar-refractivity contribution in [2.45, 2.75) is 20.4 Å². The highest BCUT2D eigenvalue weighted by atomic mass is 35.5. The van der Waals surface area contributed by atoms with Crippen LogP contribution in [0.1, 0.15) is 19.4 Å². The number of carbonyl (C=O) groups excluding carboxylic acids is 3. The van der Waals surface area contributed by atoms with Crippen molar-refractivity contribution in [2.24, 2.45) is 5.41 Å². The van der Waals surface area contributed by atoms with Crippen molar-refractivity contribution in [3.05, 3.63) is 40.9 Å². The molecule has 0 bridgehead atoms. The van der Waals surface area contributed by atoms with Gasteiger partial charge in [-0.05, 0) is 31.5 Å². The Morgan fingerprint density at radius 1 is 1.17 bits per heavy atom. The summed E-state index contributed by atoms with van der Waals surface area (Å²) in [5, 5.41) is 1.64. The quantitative estimate of drug-likeness (QED) is 0.794. The fourth-order valence-electron chi connectivity index (χ4n) is 2.43. The van der Waals surface area contributed by atoms with Gasteiger partial charge in [0.2, 0.25) is 0 Å². The third-order valence-electron chi connectivity index (χ3n) is 3.80. The van der Waals surface area contributed by atoms with Crippen LogP contribution in [0, 0.1) is 5.41 Å². The highest BCUT2D eigenvalue weighted by molar-refractivity contribution is 6.33. The first-order valence-electron chi connectivity index (χ1n) is 7.09. The van der Waals surface area contributed by atoms with E-state index < -0.39 is 17.2 Å². The minimum Gasteiger partial charge on any atom is -0.272 e. The summed E-state index contributed by atoms with van der Waals surface area (Å²) in [6.07, 6.45) is 2.42. The van der Waals surface area contributed by atoms with Crippen LogP contribution in [0.2, 0.25) is 5.02 Å². The molecule has 1 saturated heterocycles. The Morgan fingerprint density at radius 2 is 1.83 bits per heavy atom. The molecule has 2 aliphatic heterocycles. The molecule has 2 heterocycles. The summed E-state index contributed by atoms with van der Waals surface area (Å²) in [5.74, 6) is -0.913. The summed E-state index contributed by atoms with van der Waals surface area (Å²) in [6.45, 7) is 4.17. The van der Waals surface area contributed by atoms with E-state index in [2.05, 4.69) is 0 Å². The van der Waals surface area contributed by atoms with Crippen LogP contribution >= 0.6 is 11.6 Å². The highest BCUT2D eigenvalue weighted by Gasteiger charge is 2.40. The van der Waals surface area contributed by atoms with Gasteiger partial charge in [0.25, 0.3) is 17.7 Å². The number of hydrogen-bond acceptors (Lipinski definition) is 4. The van der Waals surface area contributed by atoms with Crippen molar-refractivity contribution in [1.29, 1.82) is 0 Å². The minimum absolute atomic E-state index is 0.105. The lowest BCUT2D eigenvalue weighted by molar-refractivity contribution is -0.165. The Hall–Kier alpha value is -2.18. The van der Waals surface area contributed by atoms with Gasteiger partial charge in [-0.1, -0.05) is 17.7 Å². The van der Waals surface area contributed by atoms with Crippen molar-refractivity contribution in [1.82, 2.24) is 5.06 Å². The van der Waals surface area contributed by atoms with Gasteiger partial charge < -0.3 is 0 Å². The smallest absolute Gasteiger partial charge is 0.258 e. The molecule has 0 saturated carbocycles. The molecule has 1 aromatic carbocycles. The predicted octanol–water partition coefficient (Wildman–Crippen LogP) is 2.07. The zero-order valence-corrected chi connectivity index (χ0v) is 13.5. The third-order valence-corrected chi connectivity index (χ3v) is 4.16. The Bertz CT molecular complexity index is 724. The second-order valence-corrected chi connectivity index (χ2v) is 6.53. The van der Waals surface area contributed by atoms with E-state index in [1.807, 2.05) is 13.8 Å². The molecule has 0 atom stereocenters. The molecule has 1 aromatic rings. The molecular weight excluding hydrogens is 320 g/mol. The Morgan fingerprint density at radius 3 is 2.35 bits per heavy atom. The van der Waals surface area contributed by atoms with Crippen molar-refractivity contribution >= 4 is 35.0 Å². The van der Waals surface area contributed by atoms with Crippen LogP contribution in [0.15, 0.2) is 30.4 Å². The van der Waals surface area contributed by atoms with Crippen LogP contribution in [-0.4, -0.2) is 29.4 Å². The zero-order chi connectivity index (χ0) is 16.8. The lowest BCUT2D eigenvalue weighted by atomic mass is 9.95. The number of hydrogen-bond donors (Lipinski definition) is 0. The van der Waals surface area contributed by atoms with Crippen LogP contribution in [-0.2, 0) is 25.8 Å². The molecule has 1 fully saturated rings. The first-order chi connectivity index (χ1) is 10.8. The molecule has 120 valence electrons. The molecule has 2 aliphatic rings. The Labute approximate surface area is 138 Å². The third kappa shape index (κ3) is 2.75. The monoisotopic (exact) mass is 334 g/mol. The van der Waals surface area contributed by atoms with Crippen molar-refractivity contribution in [2.75, 3.05) is 11.5 Å². The molecule has 0 aliphatic carbocycles. The number of nitrogens with zero attached hydrogens (tertiary/aromatic N) is 2. The van der Waals surface area contributed by atoms with Crippen LogP contribution in [0.5, 0.6) is 0 Å². The lowest BCUT2D eigenvalue weighted by Crippen LogP contribution is -2.31. The van der Waals surface area contributed by atoms with Gasteiger partial charge in [-0.3, -0.25) is 19.2 Å². The van der Waals surface area contributed by atoms with Gasteiger partial charge in [0, 0.05) is 17.2 Å². The molecule has 3 amide bonds. The van der Waals surface area contributed by atoms with Gasteiger partial charge in [-0.15, -0.1) is 0 Å². The standard InChI is InChI=1S/C16H15ClN2O4/c1-16(2)9-23-18(15(16)22)8-10-3-4-11(7-12(10)17)19-13(20)5-6-14(19)21/h3-7H,8-9H2,1-2H3. The summed E-state index contributed by atoms with van der Waals surface area (Å²) in [6, 6.07) is 4.83. The number of amides is 3. The molecule has 6 nitrogen and oxygen atoms in total. The van der Waals surface area contributed by atoms with Gasteiger partial charge in [-0.2, -0.15) is 0 Å². The number of hydroxylamine groups is 2. The van der Waals surface area contributed by atoms with Crippen LogP contribution in [0.25, 0.3) is 0 Å². The Kier molecular flexibility index (Phi) is 3.74. The summed E-state index contributed by atoms with van der Waals surface area (Å²) in [7, 11) is 0. The molecule has 0 unspecified atom stereocenters.